The summed E-state index contributed by atoms with van der Waals surface area (Å²) in [5.41, 5.74) is 17.9. The number of nitrogens with two attached hydrogens (primary N) is 3. The second-order valence-corrected chi connectivity index (χ2v) is 10.2. The second kappa shape index (κ2) is 19.4. The summed E-state index contributed by atoms with van der Waals surface area (Å²) in [6, 6.07) is 5.23. The highest BCUT2D eigenvalue weighted by atomic mass is 32.2. The number of hydrogen-bond acceptors (Lipinski definition) is 8. The molecule has 0 fully saturated rings. The summed E-state index contributed by atoms with van der Waals surface area (Å²) in [4.78, 5) is 50.9. The van der Waals surface area contributed by atoms with Crippen LogP contribution < -0.4 is 33.2 Å². The number of unbranched alkanes of at least 4 members (excludes halogenated alkanes) is 2. The number of carbonyl (C=O) groups excluding carboxylic acids is 3. The van der Waals surface area contributed by atoms with Crippen LogP contribution in [0.15, 0.2) is 30.3 Å². The molecule has 0 aromatic heterocycles. The van der Waals surface area contributed by atoms with Crippen molar-refractivity contribution < 1.29 is 24.3 Å². The normalized spacial score (nSPS) is 14.1. The van der Waals surface area contributed by atoms with Crippen molar-refractivity contribution in [1.82, 2.24) is 16.0 Å². The van der Waals surface area contributed by atoms with E-state index < -0.39 is 47.9 Å². The van der Waals surface area contributed by atoms with Crippen LogP contribution in [0.25, 0.3) is 0 Å². The topological polar surface area (TPSA) is 203 Å². The minimum absolute atomic E-state index is 0.143. The van der Waals surface area contributed by atoms with E-state index in [1.165, 1.54) is 0 Å². The van der Waals surface area contributed by atoms with E-state index in [1.807, 2.05) is 36.6 Å². The second-order valence-electron chi connectivity index (χ2n) is 9.17. The molecule has 1 aromatic carbocycles. The molecule has 214 valence electrons. The average molecular weight is 553 g/mol. The minimum Gasteiger partial charge on any atom is -0.480 e. The van der Waals surface area contributed by atoms with Gasteiger partial charge < -0.3 is 38.3 Å². The van der Waals surface area contributed by atoms with Crippen LogP contribution in [0.3, 0.4) is 0 Å². The number of carboxylic acids is 1. The first-order valence-corrected chi connectivity index (χ1v) is 14.4. The highest BCUT2D eigenvalue weighted by Gasteiger charge is 2.30. The largest absolute Gasteiger partial charge is 0.480 e. The lowest BCUT2D eigenvalue weighted by molar-refractivity contribution is -0.142. The van der Waals surface area contributed by atoms with E-state index >= 15 is 0 Å². The molecule has 1 aromatic rings. The van der Waals surface area contributed by atoms with Crippen molar-refractivity contribution in [1.29, 1.82) is 0 Å². The molecule has 0 spiro atoms. The van der Waals surface area contributed by atoms with Gasteiger partial charge in [0.05, 0.1) is 6.04 Å². The predicted molar refractivity (Wildman–Crippen MR) is 150 cm³/mol. The van der Waals surface area contributed by atoms with E-state index in [4.69, 9.17) is 17.2 Å². The van der Waals surface area contributed by atoms with E-state index in [1.54, 1.807) is 11.8 Å². The third-order valence-corrected chi connectivity index (χ3v) is 6.67. The number of amides is 3. The van der Waals surface area contributed by atoms with Crippen molar-refractivity contribution in [3.05, 3.63) is 35.9 Å². The Morgan fingerprint density at radius 1 is 0.789 bits per heavy atom. The van der Waals surface area contributed by atoms with Gasteiger partial charge in [-0.2, -0.15) is 11.8 Å². The first-order chi connectivity index (χ1) is 18.2. The van der Waals surface area contributed by atoms with Crippen molar-refractivity contribution in [3.63, 3.8) is 0 Å². The zero-order valence-corrected chi connectivity index (χ0v) is 23.0. The predicted octanol–water partition coefficient (Wildman–Crippen LogP) is 0.107. The quantitative estimate of drug-likeness (QED) is 0.110. The maximum atomic E-state index is 13.3. The van der Waals surface area contributed by atoms with E-state index in [0.29, 0.717) is 57.4 Å². The van der Waals surface area contributed by atoms with Gasteiger partial charge in [-0.25, -0.2) is 4.79 Å². The van der Waals surface area contributed by atoms with Gasteiger partial charge in [0.25, 0.3) is 0 Å². The summed E-state index contributed by atoms with van der Waals surface area (Å²) in [5.74, 6) is -2.06. The molecule has 0 aliphatic rings. The maximum absolute atomic E-state index is 13.3. The van der Waals surface area contributed by atoms with Gasteiger partial charge in [0.1, 0.15) is 18.1 Å². The lowest BCUT2D eigenvalue weighted by Crippen LogP contribution is -2.57. The first kappa shape index (κ1) is 33.4. The number of carboxylic acid groups (broad SMARTS) is 1. The number of hydrogen-bond donors (Lipinski definition) is 7. The van der Waals surface area contributed by atoms with Crippen LogP contribution in [-0.4, -0.2) is 78.1 Å². The lowest BCUT2D eigenvalue weighted by atomic mass is 10.0. The minimum atomic E-state index is -1.16. The number of thioether (sulfide) groups is 1. The number of carbonyl (C=O) groups is 4. The molecule has 0 saturated carbocycles. The van der Waals surface area contributed by atoms with Crippen molar-refractivity contribution in [2.75, 3.05) is 25.1 Å². The van der Waals surface area contributed by atoms with E-state index in [9.17, 15) is 24.3 Å². The molecule has 10 N–H and O–H groups in total. The van der Waals surface area contributed by atoms with Gasteiger partial charge >= 0.3 is 5.97 Å². The SMILES string of the molecule is CSCCC(N)C(=O)NC(CCCCN)C(=O)NC(Cc1ccccc1)C(=O)NC(CCCCN)C(=O)O. The molecule has 0 aliphatic heterocycles. The molecular weight excluding hydrogens is 508 g/mol. The van der Waals surface area contributed by atoms with E-state index in [2.05, 4.69) is 16.0 Å². The van der Waals surface area contributed by atoms with Crippen LogP contribution in [0.1, 0.15) is 50.5 Å². The third kappa shape index (κ3) is 13.2. The van der Waals surface area contributed by atoms with Crippen molar-refractivity contribution in [2.45, 2.75) is 75.5 Å². The third-order valence-electron chi connectivity index (χ3n) is 6.03. The number of benzene rings is 1. The molecular formula is C26H44N6O5S. The van der Waals surface area contributed by atoms with E-state index in [0.717, 1.165) is 5.56 Å². The fourth-order valence-corrected chi connectivity index (χ4v) is 4.26. The van der Waals surface area contributed by atoms with Gasteiger partial charge in [0.15, 0.2) is 0 Å². The zero-order chi connectivity index (χ0) is 28.3. The van der Waals surface area contributed by atoms with Crippen LogP contribution in [-0.2, 0) is 25.6 Å². The summed E-state index contributed by atoms with van der Waals surface area (Å²) < 4.78 is 0. The Kier molecular flexibility index (Phi) is 17.0. The van der Waals surface area contributed by atoms with Crippen LogP contribution in [0.4, 0.5) is 0 Å². The highest BCUT2D eigenvalue weighted by Crippen LogP contribution is 2.09. The summed E-state index contributed by atoms with van der Waals surface area (Å²) in [6.45, 7) is 0.862. The Labute approximate surface area is 229 Å². The molecule has 0 heterocycles. The molecule has 38 heavy (non-hydrogen) atoms. The van der Waals surface area contributed by atoms with Gasteiger partial charge in [-0.1, -0.05) is 30.3 Å². The summed E-state index contributed by atoms with van der Waals surface area (Å²) in [5, 5.41) is 17.6. The zero-order valence-electron chi connectivity index (χ0n) is 22.2. The highest BCUT2D eigenvalue weighted by molar-refractivity contribution is 7.98. The number of nitrogens with one attached hydrogen (secondary N) is 3. The smallest absolute Gasteiger partial charge is 0.326 e. The van der Waals surface area contributed by atoms with Crippen LogP contribution in [0, 0.1) is 0 Å². The average Bonchev–Trinajstić information content (AvgIpc) is 2.90. The Bertz CT molecular complexity index is 860. The van der Waals surface area contributed by atoms with Crippen LogP contribution >= 0.6 is 11.8 Å². The number of aliphatic carboxylic acids is 1. The fourth-order valence-electron chi connectivity index (χ4n) is 3.77. The molecule has 0 radical (unpaired) electrons. The molecule has 11 nitrogen and oxygen atoms in total. The standard InChI is InChI=1S/C26H44N6O5S/c1-38-16-13-19(29)23(33)30-20(11-5-7-14-27)24(34)32-22(17-18-9-3-2-4-10-18)25(35)31-21(26(36)37)12-6-8-15-28/h2-4,9-10,19-22H,5-8,11-17,27-29H2,1H3,(H,30,33)(H,31,35)(H,32,34)(H,36,37). The molecule has 0 bridgehead atoms. The van der Waals surface area contributed by atoms with E-state index in [-0.39, 0.29) is 12.8 Å². The molecule has 4 atom stereocenters. The Balaban J connectivity index is 3.06. The van der Waals surface area contributed by atoms with Crippen LogP contribution in [0.5, 0.6) is 0 Å². The first-order valence-electron chi connectivity index (χ1n) is 13.1. The van der Waals surface area contributed by atoms with Gasteiger partial charge in [0, 0.05) is 6.42 Å². The summed E-state index contributed by atoms with van der Waals surface area (Å²) in [7, 11) is 0. The summed E-state index contributed by atoms with van der Waals surface area (Å²) >= 11 is 1.57. The molecule has 0 aliphatic carbocycles. The molecule has 1 rings (SSSR count). The van der Waals surface area contributed by atoms with Gasteiger partial charge in [-0.15, -0.1) is 0 Å². The molecule has 0 saturated heterocycles. The van der Waals surface area contributed by atoms with Gasteiger partial charge in [-0.3, -0.25) is 14.4 Å². The van der Waals surface area contributed by atoms with Crippen molar-refractivity contribution in [3.8, 4) is 0 Å². The fraction of sp³-hybridized carbons (Fsp3) is 0.615. The molecule has 3 amide bonds. The molecule has 12 heteroatoms. The van der Waals surface area contributed by atoms with Gasteiger partial charge in [-0.05, 0) is 75.6 Å². The Hall–Kier alpha value is -2.67. The van der Waals surface area contributed by atoms with Crippen LogP contribution in [0.2, 0.25) is 0 Å². The Morgan fingerprint density at radius 3 is 1.87 bits per heavy atom. The van der Waals surface area contributed by atoms with Crippen molar-refractivity contribution >= 4 is 35.5 Å². The van der Waals surface area contributed by atoms with Gasteiger partial charge in [0.2, 0.25) is 17.7 Å². The maximum Gasteiger partial charge on any atom is 0.326 e. The summed E-state index contributed by atoms with van der Waals surface area (Å²) in [6.07, 6.45) is 5.48. The number of rotatable bonds is 20. The molecule has 4 unspecified atom stereocenters. The Morgan fingerprint density at radius 2 is 1.32 bits per heavy atom. The van der Waals surface area contributed by atoms with Crippen molar-refractivity contribution in [2.24, 2.45) is 17.2 Å². The lowest BCUT2D eigenvalue weighted by Gasteiger charge is -2.25. The monoisotopic (exact) mass is 552 g/mol.